The number of halogens is 1. The highest BCUT2D eigenvalue weighted by Crippen LogP contribution is 2.48. The summed E-state index contributed by atoms with van der Waals surface area (Å²) >= 11 is 0. The molecule has 57 heavy (non-hydrogen) atoms. The van der Waals surface area contributed by atoms with Gasteiger partial charge >= 0.3 is 6.09 Å². The fourth-order valence-electron chi connectivity index (χ4n) is 7.79. The number of carbonyl (C=O) groups is 4. The number of nitrogens with zero attached hydrogens (tertiary/aromatic N) is 2. The second kappa shape index (κ2) is 15.6. The third kappa shape index (κ3) is 8.77. The van der Waals surface area contributed by atoms with Gasteiger partial charge in [-0.1, -0.05) is 26.0 Å². The summed E-state index contributed by atoms with van der Waals surface area (Å²) in [7, 11) is -1.26. The van der Waals surface area contributed by atoms with Crippen molar-refractivity contribution in [3.8, 4) is 17.4 Å². The van der Waals surface area contributed by atoms with Crippen LogP contribution >= 0.6 is 0 Å². The molecule has 0 bridgehead atoms. The number of allylic oxidation sites excluding steroid dienone is 1. The minimum atomic E-state index is -4.04. The summed E-state index contributed by atoms with van der Waals surface area (Å²) in [5.74, 6) is -3.25. The number of nitrogens with one attached hydrogen (secondary N) is 3. The lowest BCUT2D eigenvalue weighted by Gasteiger charge is -2.33. The van der Waals surface area contributed by atoms with Crippen LogP contribution < -0.4 is 29.6 Å². The SMILES string of the molecule is COc1cc2c(OC)cnc(O[C@@H]3C[C@H]4C(=O)NC5(C(=O)NS(=O)(=O)C6(C)CC6)CC5/C=C\CC[C@@H](C)C[C@@H](C)[C@H](NC(=O)OC(C)(C)C)C(=O)N4C3)c2cc1F. The first-order valence-corrected chi connectivity index (χ1v) is 20.9. The van der Waals surface area contributed by atoms with Gasteiger partial charge in [-0.25, -0.2) is 22.6 Å². The van der Waals surface area contributed by atoms with Gasteiger partial charge in [0.2, 0.25) is 27.7 Å². The van der Waals surface area contributed by atoms with Crippen LogP contribution in [0.15, 0.2) is 30.5 Å². The molecule has 3 N–H and O–H groups in total. The summed E-state index contributed by atoms with van der Waals surface area (Å²) in [6.07, 6.45) is 6.32. The lowest BCUT2D eigenvalue weighted by molar-refractivity contribution is -0.142. The van der Waals surface area contributed by atoms with Crippen LogP contribution in [0, 0.1) is 23.6 Å². The standard InChI is InChI=1S/C40H54FN5O10S/c1-22-11-9-10-12-24-19-40(24,36(49)45-57(51,52)39(6)13-14-39)44-33(47)29-16-25(21-46(29)35(48)32(23(2)15-22)43-37(50)56-38(3,4)5)55-34-27-17-28(41)30(53-7)18-26(27)31(54-8)20-42-34/h10,12,17-18,20,22-25,29,32H,9,11,13-16,19,21H2,1-8H3,(H,43,50)(H,44,47)(H,45,49)/b12-10-/t22-,23-,24?,25-,29+,32+,40?/m1/s1. The number of hydrogen-bond acceptors (Lipinski definition) is 11. The molecule has 2 aliphatic heterocycles. The molecule has 4 aliphatic rings. The van der Waals surface area contributed by atoms with Crippen LogP contribution in [0.4, 0.5) is 9.18 Å². The number of amides is 4. The molecule has 1 saturated heterocycles. The number of sulfonamides is 1. The molecule has 6 rings (SSSR count). The number of aromatic nitrogens is 1. The molecule has 0 radical (unpaired) electrons. The van der Waals surface area contributed by atoms with Crippen LogP contribution in [0.5, 0.6) is 17.4 Å². The van der Waals surface area contributed by atoms with E-state index in [1.807, 2.05) is 26.0 Å². The van der Waals surface area contributed by atoms with Crippen molar-refractivity contribution in [2.24, 2.45) is 17.8 Å². The molecule has 0 spiro atoms. The lowest BCUT2D eigenvalue weighted by Crippen LogP contribution is -2.59. The van der Waals surface area contributed by atoms with Crippen LogP contribution in [0.1, 0.15) is 86.5 Å². The van der Waals surface area contributed by atoms with E-state index in [4.69, 9.17) is 18.9 Å². The highest BCUT2D eigenvalue weighted by atomic mass is 32.2. The average molecular weight is 816 g/mol. The molecule has 312 valence electrons. The van der Waals surface area contributed by atoms with Crippen molar-refractivity contribution in [2.75, 3.05) is 20.8 Å². The monoisotopic (exact) mass is 815 g/mol. The van der Waals surface area contributed by atoms with Crippen molar-refractivity contribution in [2.45, 2.75) is 121 Å². The number of methoxy groups -OCH3 is 2. The number of benzene rings is 1. The van der Waals surface area contributed by atoms with Gasteiger partial charge in [0.05, 0.1) is 37.1 Å². The van der Waals surface area contributed by atoms with Crippen LogP contribution in [-0.4, -0.2) is 97.0 Å². The van der Waals surface area contributed by atoms with Gasteiger partial charge in [0, 0.05) is 17.7 Å². The number of ether oxygens (including phenoxy) is 4. The minimum absolute atomic E-state index is 0.0144. The van der Waals surface area contributed by atoms with Crippen LogP contribution in [0.2, 0.25) is 0 Å². The van der Waals surface area contributed by atoms with E-state index in [1.165, 1.54) is 37.4 Å². The predicted molar refractivity (Wildman–Crippen MR) is 207 cm³/mol. The first-order chi connectivity index (χ1) is 26.7. The first-order valence-electron chi connectivity index (χ1n) is 19.4. The first kappa shape index (κ1) is 41.9. The van der Waals surface area contributed by atoms with Gasteiger partial charge in [-0.15, -0.1) is 0 Å². The molecular formula is C40H54FN5O10S. The number of carbonyl (C=O) groups excluding carboxylic acids is 4. The Labute approximate surface area is 332 Å². The van der Waals surface area contributed by atoms with E-state index in [2.05, 4.69) is 20.3 Å². The van der Waals surface area contributed by atoms with Crippen LogP contribution in [0.25, 0.3) is 10.8 Å². The van der Waals surface area contributed by atoms with Gasteiger partial charge in [0.15, 0.2) is 11.6 Å². The Morgan fingerprint density at radius 1 is 1.05 bits per heavy atom. The molecule has 2 aromatic rings. The molecule has 3 heterocycles. The van der Waals surface area contributed by atoms with Gasteiger partial charge in [-0.3, -0.25) is 19.1 Å². The van der Waals surface area contributed by atoms with Crippen molar-refractivity contribution in [3.63, 3.8) is 0 Å². The smallest absolute Gasteiger partial charge is 0.408 e. The van der Waals surface area contributed by atoms with Crippen molar-refractivity contribution < 1.29 is 50.9 Å². The van der Waals surface area contributed by atoms with E-state index in [-0.39, 0.29) is 42.3 Å². The summed E-state index contributed by atoms with van der Waals surface area (Å²) in [6, 6.07) is 0.314. The second-order valence-corrected chi connectivity index (χ2v) is 19.4. The number of rotatable bonds is 8. The molecule has 17 heteroatoms. The molecule has 3 fully saturated rings. The van der Waals surface area contributed by atoms with Crippen molar-refractivity contribution in [3.05, 3.63) is 36.3 Å². The van der Waals surface area contributed by atoms with Gasteiger partial charge in [0.1, 0.15) is 35.1 Å². The van der Waals surface area contributed by atoms with Gasteiger partial charge < -0.3 is 34.5 Å². The number of hydrogen-bond donors (Lipinski definition) is 3. The maximum absolute atomic E-state index is 15.1. The summed E-state index contributed by atoms with van der Waals surface area (Å²) in [5.41, 5.74) is -2.44. The zero-order valence-corrected chi connectivity index (χ0v) is 34.6. The number of pyridine rings is 1. The molecule has 2 aliphatic carbocycles. The Hall–Kier alpha value is -4.67. The molecule has 1 aromatic carbocycles. The summed E-state index contributed by atoms with van der Waals surface area (Å²) < 4.78 is 65.2. The second-order valence-electron chi connectivity index (χ2n) is 17.2. The Kier molecular flexibility index (Phi) is 11.5. The normalized spacial score (nSPS) is 29.4. The van der Waals surface area contributed by atoms with E-state index in [1.54, 1.807) is 27.7 Å². The van der Waals surface area contributed by atoms with Gasteiger partial charge in [-0.2, -0.15) is 0 Å². The predicted octanol–water partition coefficient (Wildman–Crippen LogP) is 4.52. The van der Waals surface area contributed by atoms with Gasteiger partial charge in [0.25, 0.3) is 5.91 Å². The fraction of sp³-hybridized carbons (Fsp3) is 0.625. The fourth-order valence-corrected chi connectivity index (χ4v) is 9.10. The third-order valence-electron chi connectivity index (χ3n) is 11.5. The van der Waals surface area contributed by atoms with Crippen molar-refractivity contribution in [1.29, 1.82) is 0 Å². The largest absolute Gasteiger partial charge is 0.494 e. The number of alkyl carbamates (subject to hydrolysis) is 1. The Morgan fingerprint density at radius 3 is 2.40 bits per heavy atom. The average Bonchev–Trinajstić information content (AvgIpc) is 4.01. The van der Waals surface area contributed by atoms with Crippen LogP contribution in [-0.2, 0) is 29.1 Å². The summed E-state index contributed by atoms with van der Waals surface area (Å²) in [4.78, 5) is 62.2. The van der Waals surface area contributed by atoms with E-state index in [0.29, 0.717) is 36.8 Å². The van der Waals surface area contributed by atoms with E-state index in [0.717, 1.165) is 6.42 Å². The molecule has 4 amide bonds. The summed E-state index contributed by atoms with van der Waals surface area (Å²) in [5, 5.41) is 6.33. The van der Waals surface area contributed by atoms with Crippen molar-refractivity contribution >= 4 is 44.6 Å². The molecule has 15 nitrogen and oxygen atoms in total. The Bertz CT molecular complexity index is 2070. The molecule has 7 atom stereocenters. The van der Waals surface area contributed by atoms with Crippen molar-refractivity contribution in [1.82, 2.24) is 25.2 Å². The highest BCUT2D eigenvalue weighted by Gasteiger charge is 2.63. The summed E-state index contributed by atoms with van der Waals surface area (Å²) in [6.45, 7) is 10.5. The Morgan fingerprint density at radius 2 is 1.75 bits per heavy atom. The lowest BCUT2D eigenvalue weighted by atomic mass is 9.88. The van der Waals surface area contributed by atoms with E-state index >= 15 is 4.39 Å². The molecule has 2 unspecified atom stereocenters. The highest BCUT2D eigenvalue weighted by molar-refractivity contribution is 7.91. The topological polar surface area (TPSA) is 192 Å². The quantitative estimate of drug-likeness (QED) is 0.318. The molecular weight excluding hydrogens is 762 g/mol. The van der Waals surface area contributed by atoms with E-state index in [9.17, 15) is 27.6 Å². The third-order valence-corrected chi connectivity index (χ3v) is 13.7. The van der Waals surface area contributed by atoms with Gasteiger partial charge in [-0.05, 0) is 90.2 Å². The number of fused-ring (bicyclic) bond motifs is 3. The zero-order valence-electron chi connectivity index (χ0n) is 33.8. The minimum Gasteiger partial charge on any atom is -0.494 e. The van der Waals surface area contributed by atoms with E-state index < -0.39 is 85.6 Å². The molecule has 1 aromatic heterocycles. The maximum atomic E-state index is 15.1. The molecule has 2 saturated carbocycles. The maximum Gasteiger partial charge on any atom is 0.408 e. The Balaban J connectivity index is 1.37. The zero-order chi connectivity index (χ0) is 41.7. The van der Waals surface area contributed by atoms with Crippen LogP contribution in [0.3, 0.4) is 0 Å².